The molecule has 0 aromatic heterocycles. The lowest BCUT2D eigenvalue weighted by Gasteiger charge is -2.30. The molecule has 1 nitrogen and oxygen atoms in total. The Morgan fingerprint density at radius 2 is 1.40 bits per heavy atom. The summed E-state index contributed by atoms with van der Waals surface area (Å²) < 4.78 is -0.932. The van der Waals surface area contributed by atoms with E-state index >= 15 is 0 Å². The first-order valence-corrected chi connectivity index (χ1v) is 6.59. The van der Waals surface area contributed by atoms with Gasteiger partial charge in [0.15, 0.2) is 0 Å². The minimum absolute atomic E-state index is 0.0188. The lowest BCUT2D eigenvalue weighted by molar-refractivity contribution is 0.287. The van der Waals surface area contributed by atoms with Crippen LogP contribution >= 0.6 is 79.6 Å². The first-order chi connectivity index (χ1) is 4.37. The summed E-state index contributed by atoms with van der Waals surface area (Å²) >= 11 is 16.7. The lowest BCUT2D eigenvalue weighted by Crippen LogP contribution is -2.38. The second-order valence-electron chi connectivity index (χ2n) is 1.70. The topological polar surface area (TPSA) is 20.2 Å². The van der Waals surface area contributed by atoms with Crippen LogP contribution in [-0.4, -0.2) is 23.5 Å². The van der Waals surface area contributed by atoms with E-state index in [1.54, 1.807) is 0 Å². The van der Waals surface area contributed by atoms with E-state index in [1.165, 1.54) is 0 Å². The predicted octanol–water partition coefficient (Wildman–Crippen LogP) is 3.35. The lowest BCUT2D eigenvalue weighted by atomic mass is 10.3. The van der Waals surface area contributed by atoms with Crippen LogP contribution in [0.2, 0.25) is 0 Å². The third-order valence-corrected chi connectivity index (χ3v) is 9.15. The summed E-state index contributed by atoms with van der Waals surface area (Å²) in [5.41, 5.74) is 0. The molecule has 0 amide bonds. The molecule has 10 heavy (non-hydrogen) atoms. The van der Waals surface area contributed by atoms with Crippen LogP contribution in [0.1, 0.15) is 0 Å². The van der Waals surface area contributed by atoms with Crippen molar-refractivity contribution >= 4 is 79.6 Å². The summed E-state index contributed by atoms with van der Waals surface area (Å²) in [5.74, 6) is 0. The normalized spacial score (nSPS) is 13.8. The summed E-state index contributed by atoms with van der Waals surface area (Å²) in [7, 11) is 0. The van der Waals surface area contributed by atoms with Crippen molar-refractivity contribution in [3.05, 3.63) is 0 Å². The molecule has 0 saturated heterocycles. The standard InChI is InChI=1S/C4H5Br5O/c5-1-3(6,7)4(8,9)2-10/h10H,1-2H2. The molecule has 0 radical (unpaired) electrons. The van der Waals surface area contributed by atoms with Crippen molar-refractivity contribution in [2.24, 2.45) is 0 Å². The van der Waals surface area contributed by atoms with Crippen LogP contribution in [0.5, 0.6) is 0 Å². The Hall–Kier alpha value is 2.36. The SMILES string of the molecule is OCC(Br)(Br)C(Br)(Br)CBr. The minimum Gasteiger partial charge on any atom is -0.394 e. The molecular formula is C4H5Br5O. The Bertz CT molecular complexity index is 98.2. The molecule has 0 bridgehead atoms. The van der Waals surface area contributed by atoms with Crippen LogP contribution < -0.4 is 0 Å². The van der Waals surface area contributed by atoms with Crippen molar-refractivity contribution in [3.8, 4) is 0 Å². The van der Waals surface area contributed by atoms with Crippen molar-refractivity contribution < 1.29 is 5.11 Å². The zero-order chi connectivity index (χ0) is 8.41. The van der Waals surface area contributed by atoms with Crippen LogP contribution in [0.15, 0.2) is 0 Å². The van der Waals surface area contributed by atoms with Gasteiger partial charge in [0.25, 0.3) is 0 Å². The number of hydrogen-bond acceptors (Lipinski definition) is 1. The molecule has 0 aromatic carbocycles. The highest BCUT2D eigenvalue weighted by Gasteiger charge is 2.43. The van der Waals surface area contributed by atoms with Gasteiger partial charge in [-0.1, -0.05) is 79.6 Å². The van der Waals surface area contributed by atoms with Crippen LogP contribution in [0, 0.1) is 0 Å². The van der Waals surface area contributed by atoms with Gasteiger partial charge in [0.1, 0.15) is 6.47 Å². The molecular weight excluding hydrogens is 464 g/mol. The van der Waals surface area contributed by atoms with Crippen molar-refractivity contribution in [2.75, 3.05) is 11.9 Å². The molecule has 0 aliphatic rings. The molecule has 0 rings (SSSR count). The third kappa shape index (κ3) is 3.01. The molecule has 0 spiro atoms. The molecule has 0 fully saturated rings. The average molecular weight is 469 g/mol. The van der Waals surface area contributed by atoms with Gasteiger partial charge in [0, 0.05) is 5.33 Å². The van der Waals surface area contributed by atoms with E-state index in [-0.39, 0.29) is 9.84 Å². The molecule has 6 heteroatoms. The van der Waals surface area contributed by atoms with Crippen molar-refractivity contribution in [2.45, 2.75) is 6.47 Å². The zero-order valence-corrected chi connectivity index (χ0v) is 12.7. The molecule has 0 aliphatic heterocycles. The van der Waals surface area contributed by atoms with Gasteiger partial charge in [-0.3, -0.25) is 0 Å². The van der Waals surface area contributed by atoms with E-state index in [2.05, 4.69) is 79.6 Å². The Morgan fingerprint density at radius 3 is 1.50 bits per heavy atom. The Labute approximate surface area is 102 Å². The second kappa shape index (κ2) is 4.56. The van der Waals surface area contributed by atoms with E-state index in [0.717, 1.165) is 0 Å². The maximum atomic E-state index is 8.89. The average Bonchev–Trinajstić information content (AvgIpc) is 1.88. The Kier molecular flexibility index (Phi) is 5.63. The Balaban J connectivity index is 4.28. The minimum atomic E-state index is -0.545. The van der Waals surface area contributed by atoms with E-state index < -0.39 is 3.23 Å². The number of aliphatic hydroxyl groups is 1. The molecule has 0 unspecified atom stereocenters. The maximum absolute atomic E-state index is 8.89. The van der Waals surface area contributed by atoms with E-state index in [1.807, 2.05) is 0 Å². The molecule has 0 atom stereocenters. The van der Waals surface area contributed by atoms with E-state index in [0.29, 0.717) is 5.33 Å². The molecule has 0 heterocycles. The molecule has 1 N–H and O–H groups in total. The molecule has 0 aromatic rings. The summed E-state index contributed by atoms with van der Waals surface area (Å²) in [6.45, 7) is -0.0188. The van der Waals surface area contributed by atoms with Crippen LogP contribution in [0.4, 0.5) is 0 Å². The number of rotatable bonds is 3. The quantitative estimate of drug-likeness (QED) is 0.630. The number of hydrogen-bond donors (Lipinski definition) is 1. The highest BCUT2D eigenvalue weighted by Crippen LogP contribution is 2.48. The zero-order valence-electron chi connectivity index (χ0n) is 4.75. The van der Waals surface area contributed by atoms with Crippen LogP contribution in [0.3, 0.4) is 0 Å². The highest BCUT2D eigenvalue weighted by molar-refractivity contribution is 9.30. The van der Waals surface area contributed by atoms with Gasteiger partial charge < -0.3 is 5.11 Å². The molecule has 0 aliphatic carbocycles. The molecule has 62 valence electrons. The van der Waals surface area contributed by atoms with Crippen molar-refractivity contribution in [1.29, 1.82) is 0 Å². The van der Waals surface area contributed by atoms with Gasteiger partial charge >= 0.3 is 0 Å². The monoisotopic (exact) mass is 464 g/mol. The van der Waals surface area contributed by atoms with E-state index in [4.69, 9.17) is 5.11 Å². The van der Waals surface area contributed by atoms with Gasteiger partial charge in [-0.2, -0.15) is 0 Å². The fourth-order valence-electron chi connectivity index (χ4n) is 0.213. The fourth-order valence-corrected chi connectivity index (χ4v) is 1.98. The van der Waals surface area contributed by atoms with E-state index in [9.17, 15) is 0 Å². The third-order valence-electron chi connectivity index (χ3n) is 0.902. The first kappa shape index (κ1) is 12.4. The second-order valence-corrected chi connectivity index (χ2v) is 9.80. The van der Waals surface area contributed by atoms with Crippen LogP contribution in [-0.2, 0) is 0 Å². The van der Waals surface area contributed by atoms with Gasteiger partial charge in [-0.15, -0.1) is 0 Å². The maximum Gasteiger partial charge on any atom is 0.129 e. The van der Waals surface area contributed by atoms with Crippen LogP contribution in [0.25, 0.3) is 0 Å². The largest absolute Gasteiger partial charge is 0.394 e. The highest BCUT2D eigenvalue weighted by atomic mass is 79.9. The number of aliphatic hydroxyl groups excluding tert-OH is 1. The smallest absolute Gasteiger partial charge is 0.129 e. The van der Waals surface area contributed by atoms with Gasteiger partial charge in [-0.25, -0.2) is 0 Å². The summed E-state index contributed by atoms with van der Waals surface area (Å²) in [4.78, 5) is 0. The Morgan fingerprint density at radius 1 is 1.00 bits per heavy atom. The summed E-state index contributed by atoms with van der Waals surface area (Å²) in [6.07, 6.45) is 0. The molecule has 0 saturated carbocycles. The predicted molar refractivity (Wildman–Crippen MR) is 62.0 cm³/mol. The fraction of sp³-hybridized carbons (Fsp3) is 1.00. The summed E-state index contributed by atoms with van der Waals surface area (Å²) in [6, 6.07) is 0. The van der Waals surface area contributed by atoms with Gasteiger partial charge in [0.05, 0.1) is 6.61 Å². The summed E-state index contributed by atoms with van der Waals surface area (Å²) in [5, 5.41) is 9.55. The van der Waals surface area contributed by atoms with Gasteiger partial charge in [-0.05, 0) is 0 Å². The number of halogens is 5. The van der Waals surface area contributed by atoms with Gasteiger partial charge in [0.2, 0.25) is 0 Å². The first-order valence-electron chi connectivity index (χ1n) is 2.30. The van der Waals surface area contributed by atoms with Crippen molar-refractivity contribution in [1.82, 2.24) is 0 Å². The number of alkyl halides is 5. The van der Waals surface area contributed by atoms with Crippen molar-refractivity contribution in [3.63, 3.8) is 0 Å².